The molecule has 0 saturated carbocycles. The number of rotatable bonds is 4. The van der Waals surface area contributed by atoms with E-state index < -0.39 is 0 Å². The smallest absolute Gasteiger partial charge is 0.265 e. The van der Waals surface area contributed by atoms with Gasteiger partial charge < -0.3 is 20.3 Å². The van der Waals surface area contributed by atoms with Crippen molar-refractivity contribution in [2.75, 3.05) is 37.7 Å². The summed E-state index contributed by atoms with van der Waals surface area (Å²) in [7, 11) is 0. The number of amides is 1. The lowest BCUT2D eigenvalue weighted by molar-refractivity contribution is -0.121. The van der Waals surface area contributed by atoms with E-state index in [1.807, 2.05) is 24.3 Å². The predicted molar refractivity (Wildman–Crippen MR) is 95.4 cm³/mol. The molecule has 6 heteroatoms. The molecular formula is C18H26N4O2. The summed E-state index contributed by atoms with van der Waals surface area (Å²) in [6.45, 7) is 5.63. The summed E-state index contributed by atoms with van der Waals surface area (Å²) < 4.78 is 5.45. The molecule has 0 aromatic heterocycles. The molecule has 3 rings (SSSR count). The van der Waals surface area contributed by atoms with Crippen molar-refractivity contribution >= 4 is 17.6 Å². The number of anilines is 1. The first-order valence-corrected chi connectivity index (χ1v) is 8.72. The van der Waals surface area contributed by atoms with Gasteiger partial charge in [-0.25, -0.2) is 0 Å². The summed E-state index contributed by atoms with van der Waals surface area (Å²) in [6, 6.07) is 7.64. The quantitative estimate of drug-likeness (QED) is 0.519. The van der Waals surface area contributed by atoms with Crippen molar-refractivity contribution in [3.05, 3.63) is 24.3 Å². The van der Waals surface area contributed by atoms with Crippen LogP contribution in [0, 0.1) is 5.92 Å². The van der Waals surface area contributed by atoms with Gasteiger partial charge in [0.2, 0.25) is 0 Å². The van der Waals surface area contributed by atoms with Crippen LogP contribution < -0.4 is 15.4 Å². The molecule has 0 spiro atoms. The summed E-state index contributed by atoms with van der Waals surface area (Å²) in [4.78, 5) is 20.5. The molecule has 2 heterocycles. The zero-order valence-electron chi connectivity index (χ0n) is 14.3. The molecule has 1 amide bonds. The normalized spacial score (nSPS) is 19.2. The minimum Gasteiger partial charge on any atom is -0.482 e. The molecule has 0 bridgehead atoms. The van der Waals surface area contributed by atoms with Gasteiger partial charge in [-0.05, 0) is 37.3 Å². The first-order valence-electron chi connectivity index (χ1n) is 8.72. The fourth-order valence-corrected chi connectivity index (χ4v) is 3.16. The average molecular weight is 330 g/mol. The monoisotopic (exact) mass is 330 g/mol. The number of aliphatic imine (C=N–C) groups is 1. The molecule has 0 atom stereocenters. The largest absolute Gasteiger partial charge is 0.482 e. The van der Waals surface area contributed by atoms with E-state index >= 15 is 0 Å². The topological polar surface area (TPSA) is 71.2 Å². The standard InChI is InChI=1S/C18H26N4O2/c1-14-7-11-21(12-8-14)18(19)20-9-4-10-22-15-5-2-3-6-16(15)24-13-17(22)23/h2-3,5-6,14H,4,7-13H2,1H3,(H2,19,20). The van der Waals surface area contributed by atoms with E-state index in [-0.39, 0.29) is 12.5 Å². The van der Waals surface area contributed by atoms with Crippen molar-refractivity contribution in [3.8, 4) is 5.75 Å². The van der Waals surface area contributed by atoms with Crippen LogP contribution in [-0.4, -0.2) is 49.6 Å². The first-order chi connectivity index (χ1) is 11.6. The molecule has 24 heavy (non-hydrogen) atoms. The number of guanidine groups is 1. The van der Waals surface area contributed by atoms with E-state index in [1.165, 1.54) is 12.8 Å². The van der Waals surface area contributed by atoms with E-state index in [2.05, 4.69) is 16.8 Å². The Labute approximate surface area is 143 Å². The number of nitrogens with two attached hydrogens (primary N) is 1. The van der Waals surface area contributed by atoms with Crippen LogP contribution in [0.5, 0.6) is 5.75 Å². The number of carbonyl (C=O) groups excluding carboxylic acids is 1. The maximum absolute atomic E-state index is 12.1. The van der Waals surface area contributed by atoms with Crippen LogP contribution in [-0.2, 0) is 4.79 Å². The highest BCUT2D eigenvalue weighted by atomic mass is 16.5. The van der Waals surface area contributed by atoms with Gasteiger partial charge in [-0.1, -0.05) is 19.1 Å². The van der Waals surface area contributed by atoms with Gasteiger partial charge >= 0.3 is 0 Å². The zero-order chi connectivity index (χ0) is 16.9. The third-order valence-electron chi connectivity index (χ3n) is 4.73. The Morgan fingerprint density at radius 1 is 1.33 bits per heavy atom. The van der Waals surface area contributed by atoms with Gasteiger partial charge in [-0.2, -0.15) is 0 Å². The predicted octanol–water partition coefficient (Wildman–Crippen LogP) is 1.85. The number of ether oxygens (including phenoxy) is 1. The van der Waals surface area contributed by atoms with Gasteiger partial charge in [0.1, 0.15) is 5.75 Å². The highest BCUT2D eigenvalue weighted by Gasteiger charge is 2.24. The van der Waals surface area contributed by atoms with Crippen molar-refractivity contribution < 1.29 is 9.53 Å². The van der Waals surface area contributed by atoms with Gasteiger partial charge in [-0.3, -0.25) is 9.79 Å². The number of carbonyl (C=O) groups is 1. The van der Waals surface area contributed by atoms with Gasteiger partial charge in [0.15, 0.2) is 12.6 Å². The summed E-state index contributed by atoms with van der Waals surface area (Å²) >= 11 is 0. The second-order valence-corrected chi connectivity index (χ2v) is 6.56. The minimum atomic E-state index is -0.00401. The van der Waals surface area contributed by atoms with Crippen molar-refractivity contribution in [1.82, 2.24) is 4.90 Å². The van der Waals surface area contributed by atoms with Gasteiger partial charge in [0.05, 0.1) is 5.69 Å². The maximum atomic E-state index is 12.1. The number of hydrogen-bond acceptors (Lipinski definition) is 3. The van der Waals surface area contributed by atoms with E-state index in [4.69, 9.17) is 10.5 Å². The molecule has 130 valence electrons. The van der Waals surface area contributed by atoms with Gasteiger partial charge in [0, 0.05) is 26.2 Å². The second kappa shape index (κ2) is 7.55. The summed E-state index contributed by atoms with van der Waals surface area (Å²) in [5.41, 5.74) is 6.94. The van der Waals surface area contributed by atoms with Gasteiger partial charge in [0.25, 0.3) is 5.91 Å². The molecule has 1 fully saturated rings. The minimum absolute atomic E-state index is 0.00401. The molecule has 0 unspecified atom stereocenters. The maximum Gasteiger partial charge on any atom is 0.265 e. The highest BCUT2D eigenvalue weighted by Crippen LogP contribution is 2.31. The van der Waals surface area contributed by atoms with Crippen LogP contribution in [0.3, 0.4) is 0 Å². The molecule has 1 aromatic carbocycles. The Morgan fingerprint density at radius 2 is 2.08 bits per heavy atom. The lowest BCUT2D eigenvalue weighted by atomic mass is 10.00. The molecule has 2 aliphatic rings. The Morgan fingerprint density at radius 3 is 2.88 bits per heavy atom. The molecule has 2 N–H and O–H groups in total. The van der Waals surface area contributed by atoms with Crippen molar-refractivity contribution in [3.63, 3.8) is 0 Å². The fourth-order valence-electron chi connectivity index (χ4n) is 3.16. The van der Waals surface area contributed by atoms with E-state index in [0.29, 0.717) is 19.0 Å². The number of hydrogen-bond donors (Lipinski definition) is 1. The van der Waals surface area contributed by atoms with Crippen LogP contribution in [0.15, 0.2) is 29.3 Å². The molecule has 1 saturated heterocycles. The molecule has 0 aliphatic carbocycles. The van der Waals surface area contributed by atoms with Gasteiger partial charge in [-0.15, -0.1) is 0 Å². The number of piperidine rings is 1. The summed E-state index contributed by atoms with van der Waals surface area (Å²) in [5.74, 6) is 2.18. The molecule has 0 radical (unpaired) electrons. The number of fused-ring (bicyclic) bond motifs is 1. The third-order valence-corrected chi connectivity index (χ3v) is 4.73. The summed E-state index contributed by atoms with van der Waals surface area (Å²) in [5, 5.41) is 0. The fraction of sp³-hybridized carbons (Fsp3) is 0.556. The average Bonchev–Trinajstić information content (AvgIpc) is 2.60. The Kier molecular flexibility index (Phi) is 5.23. The number of nitrogens with zero attached hydrogens (tertiary/aromatic N) is 3. The second-order valence-electron chi connectivity index (χ2n) is 6.56. The van der Waals surface area contributed by atoms with Crippen molar-refractivity contribution in [2.24, 2.45) is 16.6 Å². The molecule has 6 nitrogen and oxygen atoms in total. The van der Waals surface area contributed by atoms with Crippen LogP contribution in [0.4, 0.5) is 5.69 Å². The lowest BCUT2D eigenvalue weighted by Crippen LogP contribution is -2.42. The number of benzene rings is 1. The van der Waals surface area contributed by atoms with Crippen molar-refractivity contribution in [1.29, 1.82) is 0 Å². The molecule has 1 aromatic rings. The van der Waals surface area contributed by atoms with Crippen LogP contribution in [0.1, 0.15) is 26.2 Å². The zero-order valence-corrected chi connectivity index (χ0v) is 14.3. The van der Waals surface area contributed by atoms with E-state index in [0.717, 1.165) is 36.9 Å². The van der Waals surface area contributed by atoms with Crippen molar-refractivity contribution in [2.45, 2.75) is 26.2 Å². The SMILES string of the molecule is CC1CCN(C(N)=NCCCN2C(=O)COc3ccccc32)CC1. The lowest BCUT2D eigenvalue weighted by Gasteiger charge is -2.31. The summed E-state index contributed by atoms with van der Waals surface area (Å²) in [6.07, 6.45) is 3.13. The third kappa shape index (κ3) is 3.80. The Balaban J connectivity index is 1.51. The van der Waals surface area contributed by atoms with E-state index in [9.17, 15) is 4.79 Å². The van der Waals surface area contributed by atoms with Crippen LogP contribution in [0.2, 0.25) is 0 Å². The Hall–Kier alpha value is -2.24. The first kappa shape index (κ1) is 16.6. The van der Waals surface area contributed by atoms with Crippen LogP contribution in [0.25, 0.3) is 0 Å². The number of likely N-dealkylation sites (tertiary alicyclic amines) is 1. The number of para-hydroxylation sites is 2. The van der Waals surface area contributed by atoms with Crippen LogP contribution >= 0.6 is 0 Å². The Bertz CT molecular complexity index is 609. The highest BCUT2D eigenvalue weighted by molar-refractivity contribution is 5.97. The van der Waals surface area contributed by atoms with E-state index in [1.54, 1.807) is 4.90 Å². The molecule has 2 aliphatic heterocycles. The molecular weight excluding hydrogens is 304 g/mol.